The number of ether oxygens (including phenoxy) is 4. The van der Waals surface area contributed by atoms with E-state index in [0.29, 0.717) is 36.2 Å². The van der Waals surface area contributed by atoms with E-state index in [1.807, 2.05) is 54.6 Å². The van der Waals surface area contributed by atoms with Gasteiger partial charge in [-0.1, -0.05) is 76.2 Å². The summed E-state index contributed by atoms with van der Waals surface area (Å²) in [5.41, 5.74) is 1.19. The first-order valence-corrected chi connectivity index (χ1v) is 12.6. The van der Waals surface area contributed by atoms with Gasteiger partial charge in [0.1, 0.15) is 12.4 Å². The Labute approximate surface area is 214 Å². The third-order valence-corrected chi connectivity index (χ3v) is 6.64. The largest absolute Gasteiger partial charge is 0.496 e. The highest BCUT2D eigenvalue weighted by atomic mass is 16.6. The Bertz CT molecular complexity index is 1030. The maximum absolute atomic E-state index is 12.9. The van der Waals surface area contributed by atoms with Gasteiger partial charge in [0.25, 0.3) is 0 Å². The summed E-state index contributed by atoms with van der Waals surface area (Å²) >= 11 is 0. The maximum atomic E-state index is 12.9. The summed E-state index contributed by atoms with van der Waals surface area (Å²) in [5, 5.41) is 0. The van der Waals surface area contributed by atoms with Gasteiger partial charge in [0.2, 0.25) is 0 Å². The van der Waals surface area contributed by atoms with Crippen molar-refractivity contribution in [2.75, 3.05) is 20.3 Å². The standard InChI is InChI=1S/C30H38O6/c1-21(2)26(22(3)4)16-28(31)35-20-30(19-34-18-23-11-7-6-8-12-23)17-25(29(32)36-30)15-24-13-9-10-14-27(24)33-5/h6-15,21-22,26H,16-20H2,1-5H3/b25-15+. The highest BCUT2D eigenvalue weighted by molar-refractivity contribution is 5.96. The average Bonchev–Trinajstić information content (AvgIpc) is 3.17. The molecule has 36 heavy (non-hydrogen) atoms. The Morgan fingerprint density at radius 3 is 2.33 bits per heavy atom. The van der Waals surface area contributed by atoms with Crippen LogP contribution in [0.15, 0.2) is 60.2 Å². The lowest BCUT2D eigenvalue weighted by molar-refractivity contribution is -0.170. The molecule has 0 aromatic heterocycles. The fourth-order valence-electron chi connectivity index (χ4n) is 4.64. The molecule has 0 radical (unpaired) electrons. The maximum Gasteiger partial charge on any atom is 0.334 e. The van der Waals surface area contributed by atoms with Gasteiger partial charge in [-0.3, -0.25) is 4.79 Å². The first-order valence-electron chi connectivity index (χ1n) is 12.6. The monoisotopic (exact) mass is 494 g/mol. The molecular weight excluding hydrogens is 456 g/mol. The number of rotatable bonds is 12. The minimum absolute atomic E-state index is 0.0570. The van der Waals surface area contributed by atoms with Crippen LogP contribution < -0.4 is 4.74 Å². The Morgan fingerprint density at radius 1 is 1.00 bits per heavy atom. The molecule has 0 aliphatic carbocycles. The second kappa shape index (κ2) is 12.7. The van der Waals surface area contributed by atoms with Gasteiger partial charge in [-0.2, -0.15) is 0 Å². The Balaban J connectivity index is 1.75. The molecule has 1 aliphatic heterocycles. The molecule has 1 heterocycles. The minimum atomic E-state index is -1.08. The molecule has 2 aromatic rings. The van der Waals surface area contributed by atoms with E-state index in [9.17, 15) is 9.59 Å². The molecule has 0 N–H and O–H groups in total. The van der Waals surface area contributed by atoms with Gasteiger partial charge in [0.15, 0.2) is 5.60 Å². The summed E-state index contributed by atoms with van der Waals surface area (Å²) < 4.78 is 22.9. The van der Waals surface area contributed by atoms with Crippen LogP contribution in [-0.4, -0.2) is 37.9 Å². The molecule has 194 valence electrons. The molecular formula is C30H38O6. The number of carbonyl (C=O) groups excluding carboxylic acids is 2. The van der Waals surface area contributed by atoms with Crippen LogP contribution in [0.3, 0.4) is 0 Å². The summed E-state index contributed by atoms with van der Waals surface area (Å²) in [4.78, 5) is 25.7. The van der Waals surface area contributed by atoms with E-state index in [2.05, 4.69) is 27.7 Å². The normalized spacial score (nSPS) is 18.8. The third-order valence-electron chi connectivity index (χ3n) is 6.64. The van der Waals surface area contributed by atoms with Crippen molar-refractivity contribution in [1.82, 2.24) is 0 Å². The zero-order valence-electron chi connectivity index (χ0n) is 22.0. The second-order valence-electron chi connectivity index (χ2n) is 10.2. The first kappa shape index (κ1) is 27.5. The van der Waals surface area contributed by atoms with Crippen molar-refractivity contribution in [2.45, 2.75) is 52.7 Å². The van der Waals surface area contributed by atoms with E-state index in [1.165, 1.54) is 0 Å². The van der Waals surface area contributed by atoms with Crippen LogP contribution in [0.1, 0.15) is 51.7 Å². The number of benzene rings is 2. The van der Waals surface area contributed by atoms with E-state index in [0.717, 1.165) is 11.1 Å². The molecule has 0 spiro atoms. The van der Waals surface area contributed by atoms with Crippen LogP contribution in [0.5, 0.6) is 5.75 Å². The summed E-state index contributed by atoms with van der Waals surface area (Å²) in [5.74, 6) is 0.872. The number of esters is 2. The summed E-state index contributed by atoms with van der Waals surface area (Å²) in [6.07, 6.45) is 2.37. The smallest absolute Gasteiger partial charge is 0.334 e. The van der Waals surface area contributed by atoms with Crippen LogP contribution in [0.2, 0.25) is 0 Å². The Morgan fingerprint density at radius 2 is 1.67 bits per heavy atom. The summed E-state index contributed by atoms with van der Waals surface area (Å²) in [6.45, 7) is 8.88. The SMILES string of the molecule is COc1ccccc1/C=C1\CC(COCc2ccccc2)(COC(=O)CC(C(C)C)C(C)C)OC1=O. The van der Waals surface area contributed by atoms with Crippen LogP contribution in [-0.2, 0) is 30.4 Å². The van der Waals surface area contributed by atoms with Gasteiger partial charge in [-0.25, -0.2) is 4.79 Å². The number of hydrogen-bond acceptors (Lipinski definition) is 6. The molecule has 0 saturated carbocycles. The Kier molecular flexibility index (Phi) is 9.71. The highest BCUT2D eigenvalue weighted by Crippen LogP contribution is 2.35. The lowest BCUT2D eigenvalue weighted by atomic mass is 9.83. The van der Waals surface area contributed by atoms with E-state index in [1.54, 1.807) is 13.2 Å². The summed E-state index contributed by atoms with van der Waals surface area (Å²) in [7, 11) is 1.59. The topological polar surface area (TPSA) is 71.1 Å². The molecule has 1 saturated heterocycles. The van der Waals surface area contributed by atoms with Crippen LogP contribution in [0.4, 0.5) is 0 Å². The van der Waals surface area contributed by atoms with Gasteiger partial charge in [-0.05, 0) is 35.5 Å². The predicted molar refractivity (Wildman–Crippen MR) is 139 cm³/mol. The number of para-hydroxylation sites is 1. The second-order valence-corrected chi connectivity index (χ2v) is 10.2. The van der Waals surface area contributed by atoms with Crippen molar-refractivity contribution in [3.05, 3.63) is 71.3 Å². The number of hydrogen-bond donors (Lipinski definition) is 0. The lowest BCUT2D eigenvalue weighted by Gasteiger charge is -2.28. The molecule has 1 aliphatic rings. The molecule has 1 unspecified atom stereocenters. The van der Waals surface area contributed by atoms with Gasteiger partial charge < -0.3 is 18.9 Å². The molecule has 1 atom stereocenters. The van der Waals surface area contributed by atoms with Crippen molar-refractivity contribution in [1.29, 1.82) is 0 Å². The molecule has 3 rings (SSSR count). The minimum Gasteiger partial charge on any atom is -0.496 e. The Hall–Kier alpha value is -3.12. The predicted octanol–water partition coefficient (Wildman–Crippen LogP) is 5.84. The van der Waals surface area contributed by atoms with Crippen LogP contribution in [0, 0.1) is 17.8 Å². The van der Waals surface area contributed by atoms with Crippen molar-refractivity contribution in [3.8, 4) is 5.75 Å². The van der Waals surface area contributed by atoms with Crippen molar-refractivity contribution in [2.24, 2.45) is 17.8 Å². The van der Waals surface area contributed by atoms with Gasteiger partial charge in [-0.15, -0.1) is 0 Å². The van der Waals surface area contributed by atoms with E-state index >= 15 is 0 Å². The zero-order chi connectivity index (χ0) is 26.1. The average molecular weight is 495 g/mol. The summed E-state index contributed by atoms with van der Waals surface area (Å²) in [6, 6.07) is 17.2. The number of methoxy groups -OCH3 is 1. The fraction of sp³-hybridized carbons (Fsp3) is 0.467. The quantitative estimate of drug-likeness (QED) is 0.273. The van der Waals surface area contributed by atoms with Gasteiger partial charge in [0, 0.05) is 24.0 Å². The lowest BCUT2D eigenvalue weighted by Crippen LogP contribution is -2.40. The van der Waals surface area contributed by atoms with Crippen molar-refractivity contribution < 1.29 is 28.5 Å². The van der Waals surface area contributed by atoms with Crippen molar-refractivity contribution in [3.63, 3.8) is 0 Å². The zero-order valence-corrected chi connectivity index (χ0v) is 22.0. The number of cyclic esters (lactones) is 1. The fourth-order valence-corrected chi connectivity index (χ4v) is 4.64. The first-order chi connectivity index (χ1) is 17.2. The molecule has 2 aromatic carbocycles. The van der Waals surface area contributed by atoms with E-state index in [4.69, 9.17) is 18.9 Å². The number of carbonyl (C=O) groups is 2. The third kappa shape index (κ3) is 7.44. The molecule has 1 fully saturated rings. The molecule has 0 bridgehead atoms. The molecule has 6 heteroatoms. The van der Waals surface area contributed by atoms with Crippen molar-refractivity contribution >= 4 is 18.0 Å². The van der Waals surface area contributed by atoms with Gasteiger partial charge >= 0.3 is 11.9 Å². The highest BCUT2D eigenvalue weighted by Gasteiger charge is 2.45. The van der Waals surface area contributed by atoms with E-state index in [-0.39, 0.29) is 31.5 Å². The van der Waals surface area contributed by atoms with Crippen LogP contribution in [0.25, 0.3) is 6.08 Å². The molecule has 0 amide bonds. The van der Waals surface area contributed by atoms with Crippen LogP contribution >= 0.6 is 0 Å². The molecule has 6 nitrogen and oxygen atoms in total. The van der Waals surface area contributed by atoms with Gasteiger partial charge in [0.05, 0.1) is 20.3 Å². The van der Waals surface area contributed by atoms with E-state index < -0.39 is 11.6 Å².